The predicted molar refractivity (Wildman–Crippen MR) is 120 cm³/mol. The highest BCUT2D eigenvalue weighted by Gasteiger charge is 2.20. The molecule has 0 aliphatic carbocycles. The van der Waals surface area contributed by atoms with Gasteiger partial charge in [-0.05, 0) is 30.3 Å². The summed E-state index contributed by atoms with van der Waals surface area (Å²) in [5, 5.41) is 7.28. The Labute approximate surface area is 190 Å². The molecule has 0 radical (unpaired) electrons. The van der Waals surface area contributed by atoms with Crippen LogP contribution in [0.1, 0.15) is 20.0 Å². The van der Waals surface area contributed by atoms with Gasteiger partial charge in [-0.1, -0.05) is 46.4 Å². The van der Waals surface area contributed by atoms with Crippen molar-refractivity contribution in [1.29, 1.82) is 0 Å². The summed E-state index contributed by atoms with van der Waals surface area (Å²) < 4.78 is 5.60. The van der Waals surface area contributed by atoms with Crippen molar-refractivity contribution in [3.8, 4) is 0 Å². The third-order valence-corrected chi connectivity index (χ3v) is 6.37. The summed E-state index contributed by atoms with van der Waals surface area (Å²) in [7, 11) is 1.54. The Morgan fingerprint density at radius 1 is 1.03 bits per heavy atom. The summed E-state index contributed by atoms with van der Waals surface area (Å²) in [6.45, 7) is 0.754. The molecule has 0 fully saturated rings. The van der Waals surface area contributed by atoms with Gasteiger partial charge in [0, 0.05) is 34.5 Å². The first kappa shape index (κ1) is 22.2. The largest absolute Gasteiger partial charge is 0.383 e. The van der Waals surface area contributed by atoms with E-state index in [-0.39, 0.29) is 16.0 Å². The monoisotopic (exact) mass is 490 g/mol. The van der Waals surface area contributed by atoms with Gasteiger partial charge in [-0.2, -0.15) is 0 Å². The second-order valence-corrected chi connectivity index (χ2v) is 8.58. The van der Waals surface area contributed by atoms with E-state index in [1.807, 2.05) is 0 Å². The number of carbonyl (C=O) groups is 2. The maximum atomic E-state index is 12.7. The van der Waals surface area contributed by atoms with Crippen LogP contribution in [0.25, 0.3) is 10.1 Å². The van der Waals surface area contributed by atoms with E-state index in [1.54, 1.807) is 25.3 Å². The van der Waals surface area contributed by atoms with Crippen molar-refractivity contribution in [2.45, 2.75) is 0 Å². The third kappa shape index (κ3) is 4.97. The van der Waals surface area contributed by atoms with E-state index in [9.17, 15) is 9.59 Å². The topological polar surface area (TPSA) is 67.4 Å². The minimum Gasteiger partial charge on any atom is -0.383 e. The van der Waals surface area contributed by atoms with Crippen LogP contribution in [0.5, 0.6) is 0 Å². The molecule has 10 heteroatoms. The fourth-order valence-corrected chi connectivity index (χ4v) is 5.12. The molecule has 0 aliphatic rings. The lowest BCUT2D eigenvalue weighted by Crippen LogP contribution is -2.27. The molecule has 0 saturated carbocycles. The molecule has 5 nitrogen and oxygen atoms in total. The van der Waals surface area contributed by atoms with Gasteiger partial charge in [0.2, 0.25) is 0 Å². The zero-order chi connectivity index (χ0) is 21.1. The summed E-state index contributed by atoms with van der Waals surface area (Å²) in [6.07, 6.45) is 0. The van der Waals surface area contributed by atoms with Crippen molar-refractivity contribution >= 4 is 85.3 Å². The number of hydrogen-bond donors (Lipinski definition) is 2. The van der Waals surface area contributed by atoms with Crippen LogP contribution in [0.15, 0.2) is 30.3 Å². The zero-order valence-electron chi connectivity index (χ0n) is 14.9. The lowest BCUT2D eigenvalue weighted by atomic mass is 10.2. The molecule has 2 amide bonds. The van der Waals surface area contributed by atoms with E-state index in [2.05, 4.69) is 10.6 Å². The van der Waals surface area contributed by atoms with Crippen molar-refractivity contribution in [1.82, 2.24) is 5.32 Å². The highest BCUT2D eigenvalue weighted by atomic mass is 35.5. The number of amides is 2. The van der Waals surface area contributed by atoms with Crippen LogP contribution in [-0.4, -0.2) is 32.1 Å². The minimum absolute atomic E-state index is 0.204. The summed E-state index contributed by atoms with van der Waals surface area (Å²) in [6, 6.07) is 7.88. The van der Waals surface area contributed by atoms with Gasteiger partial charge in [0.25, 0.3) is 11.8 Å². The van der Waals surface area contributed by atoms with Gasteiger partial charge < -0.3 is 15.4 Å². The minimum atomic E-state index is -0.420. The number of ether oxygens (including phenoxy) is 1. The molecule has 1 aromatic heterocycles. The fraction of sp³-hybridized carbons (Fsp3) is 0.158. The number of benzene rings is 2. The Bertz CT molecular complexity index is 1100. The van der Waals surface area contributed by atoms with Crippen molar-refractivity contribution in [2.24, 2.45) is 0 Å². The smallest absolute Gasteiger partial charge is 0.267 e. The van der Waals surface area contributed by atoms with Gasteiger partial charge in [-0.15, -0.1) is 11.3 Å². The van der Waals surface area contributed by atoms with E-state index < -0.39 is 5.91 Å². The molecule has 2 aromatic carbocycles. The maximum Gasteiger partial charge on any atom is 0.267 e. The SMILES string of the molecule is COCCNC(=O)c1ccc(NC(=O)c2sc3cc(Cl)cc(Cl)c3c2Cl)cc1Cl. The Morgan fingerprint density at radius 3 is 2.48 bits per heavy atom. The summed E-state index contributed by atoms with van der Waals surface area (Å²) >= 11 is 26.0. The molecule has 0 spiro atoms. The highest BCUT2D eigenvalue weighted by molar-refractivity contribution is 7.21. The summed E-state index contributed by atoms with van der Waals surface area (Å²) in [5.74, 6) is -0.749. The van der Waals surface area contributed by atoms with Crippen LogP contribution in [0.3, 0.4) is 0 Å². The summed E-state index contributed by atoms with van der Waals surface area (Å²) in [5.41, 5.74) is 0.716. The molecule has 29 heavy (non-hydrogen) atoms. The first-order valence-electron chi connectivity index (χ1n) is 8.27. The predicted octanol–water partition coefficient (Wildman–Crippen LogP) is 6.14. The van der Waals surface area contributed by atoms with Crippen molar-refractivity contribution in [3.05, 3.63) is 60.9 Å². The first-order valence-corrected chi connectivity index (χ1v) is 10.6. The van der Waals surface area contributed by atoms with Crippen LogP contribution < -0.4 is 10.6 Å². The van der Waals surface area contributed by atoms with Crippen LogP contribution in [0.4, 0.5) is 5.69 Å². The van der Waals surface area contributed by atoms with Gasteiger partial charge >= 0.3 is 0 Å². The van der Waals surface area contributed by atoms with Crippen LogP contribution in [0.2, 0.25) is 20.1 Å². The molecular weight excluding hydrogens is 478 g/mol. The van der Waals surface area contributed by atoms with Crippen molar-refractivity contribution in [2.75, 3.05) is 25.6 Å². The Balaban J connectivity index is 1.80. The number of methoxy groups -OCH3 is 1. The lowest BCUT2D eigenvalue weighted by molar-refractivity contribution is 0.0937. The lowest BCUT2D eigenvalue weighted by Gasteiger charge is -2.09. The van der Waals surface area contributed by atoms with Crippen molar-refractivity contribution < 1.29 is 14.3 Å². The molecule has 0 atom stereocenters. The number of anilines is 1. The Morgan fingerprint density at radius 2 is 1.79 bits per heavy atom. The summed E-state index contributed by atoms with van der Waals surface area (Å²) in [4.78, 5) is 25.1. The zero-order valence-corrected chi connectivity index (χ0v) is 18.8. The third-order valence-electron chi connectivity index (χ3n) is 3.92. The first-order chi connectivity index (χ1) is 13.8. The number of carbonyl (C=O) groups excluding carboxylic acids is 2. The standard InChI is InChI=1S/C19H14Cl4N2O3S/c1-28-5-4-24-18(26)11-3-2-10(8-12(11)21)25-19(27)17-16(23)15-13(22)6-9(20)7-14(15)29-17/h2-3,6-8H,4-5H2,1H3,(H,24,26)(H,25,27). The number of rotatable bonds is 6. The number of halogens is 4. The van der Waals surface area contributed by atoms with Crippen LogP contribution in [0, 0.1) is 0 Å². The Hall–Kier alpha value is -1.54. The van der Waals surface area contributed by atoms with Gasteiger partial charge in [0.05, 0.1) is 27.2 Å². The maximum absolute atomic E-state index is 12.7. The fourth-order valence-electron chi connectivity index (χ4n) is 2.58. The number of hydrogen-bond acceptors (Lipinski definition) is 4. The molecule has 3 rings (SSSR count). The van der Waals surface area contributed by atoms with Crippen LogP contribution in [-0.2, 0) is 4.74 Å². The molecule has 3 aromatic rings. The molecule has 152 valence electrons. The average molecular weight is 492 g/mol. The number of fused-ring (bicyclic) bond motifs is 1. The molecular formula is C19H14Cl4N2O3S. The molecule has 0 aliphatic heterocycles. The van der Waals surface area contributed by atoms with Crippen LogP contribution >= 0.6 is 57.7 Å². The second-order valence-electron chi connectivity index (χ2n) is 5.90. The normalized spacial score (nSPS) is 10.9. The highest BCUT2D eigenvalue weighted by Crippen LogP contribution is 2.41. The van der Waals surface area contributed by atoms with Crippen molar-refractivity contribution in [3.63, 3.8) is 0 Å². The molecule has 0 saturated heterocycles. The van der Waals surface area contributed by atoms with Gasteiger partial charge in [0.1, 0.15) is 4.88 Å². The number of thiophene rings is 1. The van der Waals surface area contributed by atoms with E-state index in [0.29, 0.717) is 49.4 Å². The van der Waals surface area contributed by atoms with Gasteiger partial charge in [0.15, 0.2) is 0 Å². The molecule has 2 N–H and O–H groups in total. The van der Waals surface area contributed by atoms with E-state index in [0.717, 1.165) is 0 Å². The quantitative estimate of drug-likeness (QED) is 0.406. The van der Waals surface area contributed by atoms with E-state index in [4.69, 9.17) is 51.1 Å². The van der Waals surface area contributed by atoms with E-state index >= 15 is 0 Å². The second kappa shape index (κ2) is 9.51. The molecule has 0 unspecified atom stereocenters. The molecule has 1 heterocycles. The van der Waals surface area contributed by atoms with Gasteiger partial charge in [-0.25, -0.2) is 0 Å². The average Bonchev–Trinajstić information content (AvgIpc) is 2.98. The van der Waals surface area contributed by atoms with Gasteiger partial charge in [-0.3, -0.25) is 9.59 Å². The van der Waals surface area contributed by atoms with E-state index in [1.165, 1.54) is 23.5 Å². The number of nitrogens with one attached hydrogen (secondary N) is 2. The molecule has 0 bridgehead atoms. The Kier molecular flexibility index (Phi) is 7.27.